The van der Waals surface area contributed by atoms with E-state index in [0.717, 1.165) is 86.4 Å². The van der Waals surface area contributed by atoms with Gasteiger partial charge in [0.2, 0.25) is 5.88 Å². The number of thiophene rings is 1. The lowest BCUT2D eigenvalue weighted by Crippen LogP contribution is -2.36. The average Bonchev–Trinajstić information content (AvgIpc) is 3.16. The smallest absolute Gasteiger partial charge is 0.231 e. The van der Waals surface area contributed by atoms with Gasteiger partial charge in [-0.05, 0) is 54.9 Å². The van der Waals surface area contributed by atoms with Crippen LogP contribution in [0.2, 0.25) is 0 Å². The highest BCUT2D eigenvalue weighted by molar-refractivity contribution is 7.18. The zero-order valence-electron chi connectivity index (χ0n) is 18.9. The van der Waals surface area contributed by atoms with Crippen LogP contribution < -0.4 is 4.74 Å². The quantitative estimate of drug-likeness (QED) is 0.520. The van der Waals surface area contributed by atoms with E-state index in [4.69, 9.17) is 24.2 Å². The van der Waals surface area contributed by atoms with Crippen LogP contribution in [-0.4, -0.2) is 54.9 Å². The molecule has 6 nitrogen and oxygen atoms in total. The van der Waals surface area contributed by atoms with E-state index in [2.05, 4.69) is 24.0 Å². The molecule has 1 saturated heterocycles. The second kappa shape index (κ2) is 9.83. The van der Waals surface area contributed by atoms with Crippen LogP contribution in [0.4, 0.5) is 0 Å². The van der Waals surface area contributed by atoms with E-state index < -0.39 is 0 Å². The van der Waals surface area contributed by atoms with Crippen molar-refractivity contribution in [1.82, 2.24) is 14.9 Å². The van der Waals surface area contributed by atoms with Gasteiger partial charge in [-0.2, -0.15) is 4.98 Å². The monoisotopic (exact) mass is 453 g/mol. The summed E-state index contributed by atoms with van der Waals surface area (Å²) in [5.74, 6) is 3.07. The predicted octanol–water partition coefficient (Wildman–Crippen LogP) is 4.63. The highest BCUT2D eigenvalue weighted by atomic mass is 32.1. The number of hydrogen-bond acceptors (Lipinski definition) is 7. The summed E-state index contributed by atoms with van der Waals surface area (Å²) in [6, 6.07) is 8.27. The summed E-state index contributed by atoms with van der Waals surface area (Å²) in [6.07, 6.45) is 4.31. The number of nitrogens with zero attached hydrogens (tertiary/aromatic N) is 3. The summed E-state index contributed by atoms with van der Waals surface area (Å²) in [5, 5.41) is 1.12. The number of fused-ring (bicyclic) bond motifs is 3. The van der Waals surface area contributed by atoms with E-state index >= 15 is 0 Å². The van der Waals surface area contributed by atoms with Gasteiger partial charge in [-0.25, -0.2) is 4.98 Å². The van der Waals surface area contributed by atoms with Crippen LogP contribution in [-0.2, 0) is 35.3 Å². The largest absolute Gasteiger partial charge is 0.438 e. The van der Waals surface area contributed by atoms with Gasteiger partial charge < -0.3 is 14.2 Å². The number of aromatic nitrogens is 2. The van der Waals surface area contributed by atoms with Crippen molar-refractivity contribution >= 4 is 21.6 Å². The molecule has 0 N–H and O–H groups in total. The lowest BCUT2D eigenvalue weighted by molar-refractivity contribution is 0.0330. The van der Waals surface area contributed by atoms with Crippen LogP contribution >= 0.6 is 11.3 Å². The third kappa shape index (κ3) is 4.81. The van der Waals surface area contributed by atoms with Gasteiger partial charge >= 0.3 is 0 Å². The molecule has 5 rings (SSSR count). The van der Waals surface area contributed by atoms with Crippen LogP contribution in [0.5, 0.6) is 11.6 Å². The van der Waals surface area contributed by atoms with Crippen LogP contribution in [0.1, 0.15) is 35.2 Å². The molecule has 1 aliphatic carbocycles. The molecule has 3 heterocycles. The minimum Gasteiger partial charge on any atom is -0.438 e. The van der Waals surface area contributed by atoms with E-state index in [1.54, 1.807) is 7.11 Å². The fraction of sp³-hybridized carbons (Fsp3) is 0.520. The van der Waals surface area contributed by atoms with Crippen molar-refractivity contribution < 1.29 is 14.2 Å². The third-order valence-corrected chi connectivity index (χ3v) is 7.52. The summed E-state index contributed by atoms with van der Waals surface area (Å²) in [7, 11) is 1.73. The number of ether oxygens (including phenoxy) is 3. The lowest BCUT2D eigenvalue weighted by atomic mass is 9.89. The van der Waals surface area contributed by atoms with E-state index in [-0.39, 0.29) is 0 Å². The molecule has 0 radical (unpaired) electrons. The van der Waals surface area contributed by atoms with Gasteiger partial charge in [0.05, 0.1) is 31.8 Å². The fourth-order valence-corrected chi connectivity index (χ4v) is 5.90. The summed E-state index contributed by atoms with van der Waals surface area (Å²) in [6.45, 7) is 7.16. The Morgan fingerprint density at radius 2 is 1.97 bits per heavy atom. The number of hydrogen-bond donors (Lipinski definition) is 0. The molecule has 0 amide bonds. The molecule has 0 spiro atoms. The number of benzene rings is 1. The molecule has 1 atom stereocenters. The molecule has 1 fully saturated rings. The molecule has 0 bridgehead atoms. The highest BCUT2D eigenvalue weighted by Gasteiger charge is 2.25. The molecule has 2 aliphatic rings. The van der Waals surface area contributed by atoms with Crippen molar-refractivity contribution in [3.8, 4) is 11.6 Å². The maximum atomic E-state index is 6.41. The standard InChI is InChI=1S/C25H31N3O3S/c1-17-3-8-20-21(15-17)32-25-23(20)24(26-22(27-25)16-28-10-13-30-14-11-28)31-19-6-4-18(5-7-19)9-12-29-2/h4-7,17H,3,8-16H2,1-2H3/t17-/m1/s1. The first-order valence-electron chi connectivity index (χ1n) is 11.6. The van der Waals surface area contributed by atoms with E-state index in [1.807, 2.05) is 23.5 Å². The highest BCUT2D eigenvalue weighted by Crippen LogP contribution is 2.42. The molecule has 1 aromatic carbocycles. The molecule has 1 aliphatic heterocycles. The number of rotatable bonds is 7. The summed E-state index contributed by atoms with van der Waals surface area (Å²) in [4.78, 5) is 14.8. The second-order valence-corrected chi connectivity index (χ2v) is 9.94. The lowest BCUT2D eigenvalue weighted by Gasteiger charge is -2.25. The first-order chi connectivity index (χ1) is 15.7. The van der Waals surface area contributed by atoms with Crippen molar-refractivity contribution in [2.45, 2.75) is 39.2 Å². The Bertz CT molecular complexity index is 1060. The Balaban J connectivity index is 1.48. The first-order valence-corrected chi connectivity index (χ1v) is 12.4. The topological polar surface area (TPSA) is 56.7 Å². The molecule has 170 valence electrons. The first kappa shape index (κ1) is 21.8. The number of aryl methyl sites for hydroxylation is 1. The van der Waals surface area contributed by atoms with Gasteiger partial charge in [0.15, 0.2) is 0 Å². The minimum atomic E-state index is 0.704. The van der Waals surface area contributed by atoms with Crippen molar-refractivity contribution in [1.29, 1.82) is 0 Å². The van der Waals surface area contributed by atoms with Gasteiger partial charge in [-0.1, -0.05) is 19.1 Å². The van der Waals surface area contributed by atoms with Gasteiger partial charge in [-0.15, -0.1) is 11.3 Å². The van der Waals surface area contributed by atoms with Crippen LogP contribution in [0.3, 0.4) is 0 Å². The van der Waals surface area contributed by atoms with Crippen LogP contribution in [0.15, 0.2) is 24.3 Å². The summed E-state index contributed by atoms with van der Waals surface area (Å²) >= 11 is 1.83. The molecule has 0 unspecified atom stereocenters. The van der Waals surface area contributed by atoms with Crippen molar-refractivity contribution in [3.05, 3.63) is 46.1 Å². The van der Waals surface area contributed by atoms with Crippen LogP contribution in [0.25, 0.3) is 10.2 Å². The fourth-order valence-electron chi connectivity index (χ4n) is 4.51. The van der Waals surface area contributed by atoms with Crippen molar-refractivity contribution in [2.75, 3.05) is 40.0 Å². The van der Waals surface area contributed by atoms with Crippen LogP contribution in [0, 0.1) is 5.92 Å². The summed E-state index contributed by atoms with van der Waals surface area (Å²) in [5.41, 5.74) is 2.63. The zero-order chi connectivity index (χ0) is 21.9. The van der Waals surface area contributed by atoms with E-state index in [9.17, 15) is 0 Å². The Hall–Kier alpha value is -2.06. The predicted molar refractivity (Wildman–Crippen MR) is 127 cm³/mol. The second-order valence-electron chi connectivity index (χ2n) is 8.85. The Morgan fingerprint density at radius 3 is 2.75 bits per heavy atom. The molecule has 0 saturated carbocycles. The molecule has 32 heavy (non-hydrogen) atoms. The molecule has 2 aromatic heterocycles. The maximum absolute atomic E-state index is 6.41. The normalized spacial score (nSPS) is 19.2. The summed E-state index contributed by atoms with van der Waals surface area (Å²) < 4.78 is 17.1. The van der Waals surface area contributed by atoms with Gasteiger partial charge in [0.25, 0.3) is 0 Å². The average molecular weight is 454 g/mol. The van der Waals surface area contributed by atoms with Crippen molar-refractivity contribution in [3.63, 3.8) is 0 Å². The van der Waals surface area contributed by atoms with Gasteiger partial charge in [-0.3, -0.25) is 4.90 Å². The third-order valence-electron chi connectivity index (χ3n) is 6.37. The molecular weight excluding hydrogens is 422 g/mol. The molecule has 3 aromatic rings. The zero-order valence-corrected chi connectivity index (χ0v) is 19.7. The molecule has 7 heteroatoms. The Kier molecular flexibility index (Phi) is 6.69. The SMILES string of the molecule is COCCc1ccc(Oc2nc(CN3CCOCC3)nc3sc4c(c23)CC[C@@H](C)C4)cc1. The van der Waals surface area contributed by atoms with Gasteiger partial charge in [0, 0.05) is 25.1 Å². The number of methoxy groups -OCH3 is 1. The van der Waals surface area contributed by atoms with E-state index in [1.165, 1.54) is 22.4 Å². The number of morpholine rings is 1. The Labute approximate surface area is 193 Å². The van der Waals surface area contributed by atoms with Crippen molar-refractivity contribution in [2.24, 2.45) is 5.92 Å². The molecular formula is C25H31N3O3S. The van der Waals surface area contributed by atoms with E-state index in [0.29, 0.717) is 5.88 Å². The Morgan fingerprint density at radius 1 is 1.16 bits per heavy atom. The minimum absolute atomic E-state index is 0.704. The maximum Gasteiger partial charge on any atom is 0.231 e. The van der Waals surface area contributed by atoms with Gasteiger partial charge in [0.1, 0.15) is 16.4 Å².